The van der Waals surface area contributed by atoms with E-state index >= 15 is 0 Å². The van der Waals surface area contributed by atoms with Gasteiger partial charge in [-0.1, -0.05) is 24.3 Å². The van der Waals surface area contributed by atoms with Crippen LogP contribution in [-0.4, -0.2) is 24.7 Å². The Labute approximate surface area is 171 Å². The van der Waals surface area contributed by atoms with E-state index in [-0.39, 0.29) is 18.1 Å². The topological polar surface area (TPSA) is 70.8 Å². The third kappa shape index (κ3) is 5.44. The van der Waals surface area contributed by atoms with Crippen molar-refractivity contribution in [3.05, 3.63) is 71.6 Å². The molecule has 0 aliphatic heterocycles. The average Bonchev–Trinajstić information content (AvgIpc) is 3.12. The summed E-state index contributed by atoms with van der Waals surface area (Å²) >= 11 is 0. The predicted octanol–water partition coefficient (Wildman–Crippen LogP) is 5.02. The Kier molecular flexibility index (Phi) is 6.79. The first-order valence-electron chi connectivity index (χ1n) is 8.95. The van der Waals surface area contributed by atoms with Crippen molar-refractivity contribution in [2.24, 2.45) is 0 Å². The van der Waals surface area contributed by atoms with Gasteiger partial charge in [0.25, 0.3) is 0 Å². The first-order valence-corrected chi connectivity index (χ1v) is 8.95. The van der Waals surface area contributed by atoms with Gasteiger partial charge >= 0.3 is 12.6 Å². The smallest absolute Gasteiger partial charge is 0.387 e. The number of hydrogen-bond acceptors (Lipinski definition) is 6. The fourth-order valence-electron chi connectivity index (χ4n) is 2.60. The molecule has 1 heterocycles. The van der Waals surface area contributed by atoms with Crippen molar-refractivity contribution in [3.8, 4) is 23.0 Å². The van der Waals surface area contributed by atoms with Gasteiger partial charge < -0.3 is 18.6 Å². The third-order valence-corrected chi connectivity index (χ3v) is 4.08. The molecule has 0 unspecified atom stereocenters. The van der Waals surface area contributed by atoms with Crippen LogP contribution < -0.4 is 9.47 Å². The maximum absolute atomic E-state index is 12.4. The van der Waals surface area contributed by atoms with Crippen molar-refractivity contribution >= 4 is 12.0 Å². The molecule has 156 valence electrons. The van der Waals surface area contributed by atoms with E-state index in [4.69, 9.17) is 13.9 Å². The zero-order valence-corrected chi connectivity index (χ0v) is 16.3. The lowest BCUT2D eigenvalue weighted by atomic mass is 10.2. The Morgan fingerprint density at radius 3 is 2.63 bits per heavy atom. The van der Waals surface area contributed by atoms with Crippen molar-refractivity contribution in [2.45, 2.75) is 20.1 Å². The SMILES string of the molecule is COc1cc(/C=C/C(=O)OCc2nc(-c3ccccc3)oc2C)ccc1OC(F)F. The van der Waals surface area contributed by atoms with Crippen LogP contribution in [0.4, 0.5) is 8.78 Å². The van der Waals surface area contributed by atoms with Crippen LogP contribution in [-0.2, 0) is 16.1 Å². The minimum absolute atomic E-state index is 0.0458. The highest BCUT2D eigenvalue weighted by atomic mass is 19.3. The van der Waals surface area contributed by atoms with Crippen LogP contribution in [0.1, 0.15) is 17.0 Å². The first kappa shape index (κ1) is 21.0. The molecule has 0 atom stereocenters. The number of aryl methyl sites for hydroxylation is 1. The lowest BCUT2D eigenvalue weighted by Gasteiger charge is -2.10. The van der Waals surface area contributed by atoms with E-state index in [0.29, 0.717) is 22.9 Å². The summed E-state index contributed by atoms with van der Waals surface area (Å²) in [6, 6.07) is 13.7. The van der Waals surface area contributed by atoms with Gasteiger partial charge in [-0.2, -0.15) is 8.78 Å². The van der Waals surface area contributed by atoms with Gasteiger partial charge in [0, 0.05) is 11.6 Å². The maximum atomic E-state index is 12.4. The highest BCUT2D eigenvalue weighted by Crippen LogP contribution is 2.30. The minimum Gasteiger partial charge on any atom is -0.493 e. The molecule has 0 fully saturated rings. The second-order valence-electron chi connectivity index (χ2n) is 6.12. The molecule has 0 aliphatic carbocycles. The predicted molar refractivity (Wildman–Crippen MR) is 105 cm³/mol. The average molecular weight is 415 g/mol. The minimum atomic E-state index is -2.96. The van der Waals surface area contributed by atoms with E-state index in [1.54, 1.807) is 6.92 Å². The fourth-order valence-corrected chi connectivity index (χ4v) is 2.60. The van der Waals surface area contributed by atoms with Gasteiger partial charge in [0.15, 0.2) is 11.5 Å². The molecule has 0 spiro atoms. The van der Waals surface area contributed by atoms with E-state index in [2.05, 4.69) is 9.72 Å². The van der Waals surface area contributed by atoms with Gasteiger partial charge in [0.05, 0.1) is 7.11 Å². The molecule has 6 nitrogen and oxygen atoms in total. The molecule has 30 heavy (non-hydrogen) atoms. The van der Waals surface area contributed by atoms with Crippen LogP contribution >= 0.6 is 0 Å². The summed E-state index contributed by atoms with van der Waals surface area (Å²) in [7, 11) is 1.33. The van der Waals surface area contributed by atoms with Gasteiger partial charge in [-0.05, 0) is 42.8 Å². The first-order chi connectivity index (χ1) is 14.5. The molecule has 0 radical (unpaired) electrons. The molecule has 0 saturated heterocycles. The van der Waals surface area contributed by atoms with E-state index in [0.717, 1.165) is 5.56 Å². The number of halogens is 2. The second kappa shape index (κ2) is 9.69. The maximum Gasteiger partial charge on any atom is 0.387 e. The number of esters is 1. The standard InChI is InChI=1S/C22H19F2NO5/c1-14-17(25-21(29-14)16-6-4-3-5-7-16)13-28-20(26)11-9-15-8-10-18(30-22(23)24)19(12-15)27-2/h3-12,22H,13H2,1-2H3/b11-9+. The highest BCUT2D eigenvalue weighted by molar-refractivity contribution is 5.87. The van der Waals surface area contributed by atoms with Crippen molar-refractivity contribution in [1.82, 2.24) is 4.98 Å². The number of hydrogen-bond donors (Lipinski definition) is 0. The van der Waals surface area contributed by atoms with Crippen molar-refractivity contribution in [3.63, 3.8) is 0 Å². The lowest BCUT2D eigenvalue weighted by Crippen LogP contribution is -2.03. The molecule has 0 aliphatic rings. The number of oxazole rings is 1. The number of carbonyl (C=O) groups excluding carboxylic acids is 1. The normalized spacial score (nSPS) is 11.1. The Bertz CT molecular complexity index is 1030. The van der Waals surface area contributed by atoms with Crippen LogP contribution in [0.2, 0.25) is 0 Å². The quantitative estimate of drug-likeness (QED) is 0.380. The van der Waals surface area contributed by atoms with E-state index in [9.17, 15) is 13.6 Å². The molecular weight excluding hydrogens is 396 g/mol. The summed E-state index contributed by atoms with van der Waals surface area (Å²) in [6.45, 7) is -1.26. The molecule has 3 aromatic rings. The summed E-state index contributed by atoms with van der Waals surface area (Å²) in [6.07, 6.45) is 2.69. The monoisotopic (exact) mass is 415 g/mol. The van der Waals surface area contributed by atoms with Crippen LogP contribution in [0.3, 0.4) is 0 Å². The number of alkyl halides is 2. The summed E-state index contributed by atoms with van der Waals surface area (Å²) in [5.41, 5.74) is 1.89. The second-order valence-corrected chi connectivity index (χ2v) is 6.12. The Balaban J connectivity index is 1.61. The molecule has 0 saturated carbocycles. The van der Waals surface area contributed by atoms with Gasteiger partial charge in [-0.15, -0.1) is 0 Å². The summed E-state index contributed by atoms with van der Waals surface area (Å²) in [4.78, 5) is 16.4. The van der Waals surface area contributed by atoms with Crippen LogP contribution in [0.25, 0.3) is 17.5 Å². The van der Waals surface area contributed by atoms with E-state index in [1.807, 2.05) is 30.3 Å². The molecule has 0 N–H and O–H groups in total. The lowest BCUT2D eigenvalue weighted by molar-refractivity contribution is -0.139. The summed E-state index contributed by atoms with van der Waals surface area (Å²) < 4.78 is 45.0. The van der Waals surface area contributed by atoms with Crippen molar-refractivity contribution in [1.29, 1.82) is 0 Å². The number of methoxy groups -OCH3 is 1. The van der Waals surface area contributed by atoms with Gasteiger partial charge in [-0.25, -0.2) is 9.78 Å². The highest BCUT2D eigenvalue weighted by Gasteiger charge is 2.13. The molecule has 0 bridgehead atoms. The van der Waals surface area contributed by atoms with E-state index in [1.165, 1.54) is 37.5 Å². The van der Waals surface area contributed by atoms with Crippen LogP contribution in [0.15, 0.2) is 59.0 Å². The van der Waals surface area contributed by atoms with Gasteiger partial charge in [0.2, 0.25) is 5.89 Å². The van der Waals surface area contributed by atoms with Crippen molar-refractivity contribution in [2.75, 3.05) is 7.11 Å². The summed E-state index contributed by atoms with van der Waals surface area (Å²) in [5, 5.41) is 0. The Hall–Kier alpha value is -3.68. The Morgan fingerprint density at radius 1 is 1.17 bits per heavy atom. The van der Waals surface area contributed by atoms with E-state index < -0.39 is 12.6 Å². The number of aromatic nitrogens is 1. The zero-order chi connectivity index (χ0) is 21.5. The molecule has 0 amide bonds. The third-order valence-electron chi connectivity index (χ3n) is 4.08. The zero-order valence-electron chi connectivity index (χ0n) is 16.3. The number of ether oxygens (including phenoxy) is 3. The molecule has 1 aromatic heterocycles. The fraction of sp³-hybridized carbons (Fsp3) is 0.182. The number of benzene rings is 2. The number of carbonyl (C=O) groups is 1. The molecular formula is C22H19F2NO5. The number of nitrogens with zero attached hydrogens (tertiary/aromatic N) is 1. The molecule has 2 aromatic carbocycles. The van der Waals surface area contributed by atoms with Crippen LogP contribution in [0, 0.1) is 6.92 Å². The van der Waals surface area contributed by atoms with Gasteiger partial charge in [0.1, 0.15) is 18.1 Å². The molecule has 3 rings (SSSR count). The number of rotatable bonds is 8. The van der Waals surface area contributed by atoms with Crippen LogP contribution in [0.5, 0.6) is 11.5 Å². The Morgan fingerprint density at radius 2 is 1.93 bits per heavy atom. The largest absolute Gasteiger partial charge is 0.493 e. The molecule has 8 heteroatoms. The summed E-state index contributed by atoms with van der Waals surface area (Å²) in [5.74, 6) is 0.448. The van der Waals surface area contributed by atoms with Crippen molar-refractivity contribution < 1.29 is 32.2 Å². The van der Waals surface area contributed by atoms with Gasteiger partial charge in [-0.3, -0.25) is 0 Å².